The summed E-state index contributed by atoms with van der Waals surface area (Å²) in [6.07, 6.45) is 4.81. The van der Waals surface area contributed by atoms with Crippen molar-refractivity contribution < 1.29 is 14.3 Å². The molecule has 38 heavy (non-hydrogen) atoms. The van der Waals surface area contributed by atoms with Gasteiger partial charge in [-0.3, -0.25) is 4.79 Å². The molecule has 0 fully saturated rings. The highest BCUT2D eigenvalue weighted by molar-refractivity contribution is 7.16. The number of benzene rings is 2. The number of thiophene rings is 1. The summed E-state index contributed by atoms with van der Waals surface area (Å²) in [5.74, 6) is 1.39. The molecular formula is C31H35N3O3S. The normalized spacial score (nSPS) is 15.1. The predicted octanol–water partition coefficient (Wildman–Crippen LogP) is 7.25. The van der Waals surface area contributed by atoms with E-state index in [2.05, 4.69) is 32.2 Å². The predicted molar refractivity (Wildman–Crippen MR) is 154 cm³/mol. The lowest BCUT2D eigenvalue weighted by Crippen LogP contribution is -2.26. The van der Waals surface area contributed by atoms with Crippen molar-refractivity contribution in [2.75, 3.05) is 18.5 Å². The summed E-state index contributed by atoms with van der Waals surface area (Å²) in [5.41, 5.74) is 4.70. The van der Waals surface area contributed by atoms with E-state index in [1.54, 1.807) is 23.6 Å². The van der Waals surface area contributed by atoms with E-state index in [0.29, 0.717) is 29.6 Å². The first-order chi connectivity index (χ1) is 18.2. The molecular weight excluding hydrogens is 494 g/mol. The minimum atomic E-state index is -0.244. The summed E-state index contributed by atoms with van der Waals surface area (Å²) >= 11 is 1.64. The van der Waals surface area contributed by atoms with Gasteiger partial charge in [-0.1, -0.05) is 39.0 Å². The Morgan fingerprint density at radius 1 is 1.21 bits per heavy atom. The van der Waals surface area contributed by atoms with Gasteiger partial charge < -0.3 is 14.8 Å². The Morgan fingerprint density at radius 3 is 2.71 bits per heavy atom. The fourth-order valence-corrected chi connectivity index (χ4v) is 5.91. The molecule has 1 N–H and O–H groups in total. The molecule has 3 aromatic rings. The molecule has 1 aliphatic rings. The van der Waals surface area contributed by atoms with E-state index >= 15 is 0 Å². The summed E-state index contributed by atoms with van der Waals surface area (Å²) in [4.78, 5) is 18.4. The van der Waals surface area contributed by atoms with Crippen LogP contribution in [-0.4, -0.2) is 25.3 Å². The molecule has 198 valence electrons. The van der Waals surface area contributed by atoms with E-state index in [9.17, 15) is 10.1 Å². The number of aliphatic imine (C=N–C) groups is 1. The van der Waals surface area contributed by atoms with E-state index in [1.165, 1.54) is 10.4 Å². The summed E-state index contributed by atoms with van der Waals surface area (Å²) in [7, 11) is 0. The Labute approximate surface area is 229 Å². The average molecular weight is 530 g/mol. The van der Waals surface area contributed by atoms with Crippen LogP contribution in [0.15, 0.2) is 47.5 Å². The summed E-state index contributed by atoms with van der Waals surface area (Å²) < 4.78 is 11.6. The Bertz CT molecular complexity index is 1380. The second-order valence-electron chi connectivity index (χ2n) is 10.7. The molecule has 6 nitrogen and oxygen atoms in total. The number of carbonyl (C=O) groups is 1. The van der Waals surface area contributed by atoms with Crippen LogP contribution in [0.5, 0.6) is 11.5 Å². The molecule has 0 saturated carbocycles. The van der Waals surface area contributed by atoms with Crippen molar-refractivity contribution in [2.24, 2.45) is 16.3 Å². The lowest BCUT2D eigenvalue weighted by atomic mass is 9.72. The molecule has 4 rings (SSSR count). The van der Waals surface area contributed by atoms with E-state index in [-0.39, 0.29) is 17.9 Å². The Balaban J connectivity index is 1.47. The highest BCUT2D eigenvalue weighted by atomic mass is 32.1. The maximum Gasteiger partial charge on any atom is 0.262 e. The fourth-order valence-electron chi connectivity index (χ4n) is 4.69. The number of carbonyl (C=O) groups excluding carboxylic acids is 1. The fraction of sp³-hybridized carbons (Fsp3) is 0.387. The van der Waals surface area contributed by atoms with Gasteiger partial charge in [0.05, 0.1) is 12.2 Å². The molecule has 1 heterocycles. The number of nitriles is 1. The molecule has 0 unspecified atom stereocenters. The summed E-state index contributed by atoms with van der Waals surface area (Å²) in [5, 5.41) is 13.5. The average Bonchev–Trinajstić information content (AvgIpc) is 3.24. The number of aryl methyl sites for hydroxylation is 1. The third kappa shape index (κ3) is 6.43. The van der Waals surface area contributed by atoms with Crippen molar-refractivity contribution in [1.82, 2.24) is 0 Å². The number of anilines is 1. The first-order valence-corrected chi connectivity index (χ1v) is 13.8. The van der Waals surface area contributed by atoms with Crippen LogP contribution in [-0.2, 0) is 17.6 Å². The van der Waals surface area contributed by atoms with Crippen molar-refractivity contribution >= 4 is 34.1 Å². The van der Waals surface area contributed by atoms with Crippen LogP contribution in [0.1, 0.15) is 61.2 Å². The third-order valence-corrected chi connectivity index (χ3v) is 8.12. The van der Waals surface area contributed by atoms with Crippen LogP contribution in [0.2, 0.25) is 0 Å². The standard InChI is InChI=1S/C31H35N3O3S/c1-6-36-27-15-21(11-14-26(27)37-19-29(35)34-25-10-8-7-9-20(25)2)18-33-30-24(17-32)23-13-12-22(31(3,4)5)16-28(23)38-30/h7-11,14-15,18,22H,6,12-13,16,19H2,1-5H3,(H,34,35)/t22-/m0/s1. The molecule has 2 aromatic carbocycles. The summed E-state index contributed by atoms with van der Waals surface area (Å²) in [6.45, 7) is 11.0. The quantitative estimate of drug-likeness (QED) is 0.312. The van der Waals surface area contributed by atoms with E-state index in [0.717, 1.165) is 41.1 Å². The van der Waals surface area contributed by atoms with Gasteiger partial charge in [-0.15, -0.1) is 11.3 Å². The number of amides is 1. The molecule has 1 atom stereocenters. The largest absolute Gasteiger partial charge is 0.490 e. The van der Waals surface area contributed by atoms with E-state index in [4.69, 9.17) is 14.5 Å². The van der Waals surface area contributed by atoms with Gasteiger partial charge in [-0.2, -0.15) is 5.26 Å². The van der Waals surface area contributed by atoms with Crippen molar-refractivity contribution in [3.05, 3.63) is 69.6 Å². The van der Waals surface area contributed by atoms with Crippen LogP contribution >= 0.6 is 11.3 Å². The Morgan fingerprint density at radius 2 is 2.00 bits per heavy atom. The third-order valence-electron chi connectivity index (χ3n) is 6.96. The smallest absolute Gasteiger partial charge is 0.262 e. The van der Waals surface area contributed by atoms with Crippen molar-refractivity contribution in [1.29, 1.82) is 5.26 Å². The second kappa shape index (κ2) is 11.8. The number of para-hydroxylation sites is 1. The van der Waals surface area contributed by atoms with Gasteiger partial charge in [-0.05, 0) is 85.4 Å². The number of nitrogens with one attached hydrogen (secondary N) is 1. The number of hydrogen-bond acceptors (Lipinski definition) is 6. The molecule has 0 spiro atoms. The number of ether oxygens (including phenoxy) is 2. The van der Waals surface area contributed by atoms with Crippen molar-refractivity contribution in [2.45, 2.75) is 53.9 Å². The van der Waals surface area contributed by atoms with Gasteiger partial charge in [-0.25, -0.2) is 4.99 Å². The molecule has 0 radical (unpaired) electrons. The van der Waals surface area contributed by atoms with Crippen LogP contribution in [0.3, 0.4) is 0 Å². The molecule has 1 amide bonds. The Hall–Kier alpha value is -3.63. The minimum absolute atomic E-state index is 0.135. The molecule has 1 aliphatic carbocycles. The molecule has 1 aromatic heterocycles. The van der Waals surface area contributed by atoms with Gasteiger partial charge in [0, 0.05) is 16.8 Å². The number of hydrogen-bond donors (Lipinski definition) is 1. The lowest BCUT2D eigenvalue weighted by molar-refractivity contribution is -0.118. The van der Waals surface area contributed by atoms with Gasteiger partial charge in [0.2, 0.25) is 0 Å². The van der Waals surface area contributed by atoms with Gasteiger partial charge in [0.1, 0.15) is 11.1 Å². The van der Waals surface area contributed by atoms with Gasteiger partial charge >= 0.3 is 0 Å². The molecule has 0 bridgehead atoms. The summed E-state index contributed by atoms with van der Waals surface area (Å²) in [6, 6.07) is 15.5. The van der Waals surface area contributed by atoms with Crippen molar-refractivity contribution in [3.63, 3.8) is 0 Å². The van der Waals surface area contributed by atoms with Crippen LogP contribution in [0.25, 0.3) is 0 Å². The van der Waals surface area contributed by atoms with E-state index in [1.807, 2.05) is 50.2 Å². The highest BCUT2D eigenvalue weighted by Gasteiger charge is 2.32. The van der Waals surface area contributed by atoms with Crippen molar-refractivity contribution in [3.8, 4) is 17.6 Å². The Kier molecular flexibility index (Phi) is 8.53. The number of nitrogens with zero attached hydrogens (tertiary/aromatic N) is 2. The molecule has 0 aliphatic heterocycles. The molecule has 7 heteroatoms. The van der Waals surface area contributed by atoms with E-state index < -0.39 is 0 Å². The van der Waals surface area contributed by atoms with Gasteiger partial charge in [0.15, 0.2) is 18.1 Å². The van der Waals surface area contributed by atoms with Crippen LogP contribution in [0, 0.1) is 29.6 Å². The SMILES string of the molecule is CCOc1cc(C=Nc2sc3c(c2C#N)CC[C@H](C(C)(C)C)C3)ccc1OCC(=O)Nc1ccccc1C. The number of rotatable bonds is 8. The minimum Gasteiger partial charge on any atom is -0.490 e. The van der Waals surface area contributed by atoms with Crippen LogP contribution < -0.4 is 14.8 Å². The number of fused-ring (bicyclic) bond motifs is 1. The lowest BCUT2D eigenvalue weighted by Gasteiger charge is -2.33. The first-order valence-electron chi connectivity index (χ1n) is 13.0. The highest BCUT2D eigenvalue weighted by Crippen LogP contribution is 2.45. The second-order valence-corrected chi connectivity index (χ2v) is 11.7. The topological polar surface area (TPSA) is 83.7 Å². The maximum absolute atomic E-state index is 12.4. The molecule has 0 saturated heterocycles. The first kappa shape index (κ1) is 27.4. The maximum atomic E-state index is 12.4. The zero-order chi connectivity index (χ0) is 27.3. The van der Waals surface area contributed by atoms with Crippen LogP contribution in [0.4, 0.5) is 10.7 Å². The monoisotopic (exact) mass is 529 g/mol. The van der Waals surface area contributed by atoms with Gasteiger partial charge in [0.25, 0.3) is 5.91 Å². The zero-order valence-electron chi connectivity index (χ0n) is 22.8. The zero-order valence-corrected chi connectivity index (χ0v) is 23.6.